The number of aromatic nitrogens is 2. The molecule has 1 aliphatic rings. The van der Waals surface area contributed by atoms with Crippen molar-refractivity contribution in [1.82, 2.24) is 14.7 Å². The first-order chi connectivity index (χ1) is 8.65. The summed E-state index contributed by atoms with van der Waals surface area (Å²) in [5.74, 6) is 0. The summed E-state index contributed by atoms with van der Waals surface area (Å²) in [6.07, 6.45) is 8.71. The smallest absolute Gasteiger partial charge is 0.0540 e. The number of hydrogen-bond donors (Lipinski definition) is 1. The van der Waals surface area contributed by atoms with Crippen LogP contribution in [-0.4, -0.2) is 34.3 Å². The van der Waals surface area contributed by atoms with E-state index in [4.69, 9.17) is 5.73 Å². The highest BCUT2D eigenvalue weighted by Gasteiger charge is 2.26. The fraction of sp³-hybridized carbons (Fsp3) is 0.786. The number of nitrogens with zero attached hydrogens (tertiary/aromatic N) is 3. The van der Waals surface area contributed by atoms with E-state index in [0.717, 1.165) is 0 Å². The van der Waals surface area contributed by atoms with E-state index in [1.807, 2.05) is 17.9 Å². The van der Waals surface area contributed by atoms with Gasteiger partial charge in [0.05, 0.1) is 12.2 Å². The molecule has 4 heteroatoms. The van der Waals surface area contributed by atoms with Crippen molar-refractivity contribution in [2.24, 2.45) is 12.8 Å². The average Bonchev–Trinajstić information content (AvgIpc) is 2.73. The van der Waals surface area contributed by atoms with Gasteiger partial charge in [-0.25, -0.2) is 0 Å². The third kappa shape index (κ3) is 2.59. The van der Waals surface area contributed by atoms with Gasteiger partial charge in [-0.3, -0.25) is 9.58 Å². The summed E-state index contributed by atoms with van der Waals surface area (Å²) in [6, 6.07) is 0.994. The lowest BCUT2D eigenvalue weighted by molar-refractivity contribution is 0.140. The summed E-state index contributed by atoms with van der Waals surface area (Å²) >= 11 is 0. The normalized spacial score (nSPS) is 19.4. The zero-order valence-electron chi connectivity index (χ0n) is 11.9. The van der Waals surface area contributed by atoms with Crippen LogP contribution in [0.4, 0.5) is 0 Å². The van der Waals surface area contributed by atoms with Gasteiger partial charge in [0.2, 0.25) is 0 Å². The highest BCUT2D eigenvalue weighted by Crippen LogP contribution is 2.29. The molecule has 0 radical (unpaired) electrons. The molecule has 1 unspecified atom stereocenters. The predicted molar refractivity (Wildman–Crippen MR) is 74.4 cm³/mol. The first kappa shape index (κ1) is 13.6. The monoisotopic (exact) mass is 250 g/mol. The van der Waals surface area contributed by atoms with Crippen molar-refractivity contribution >= 4 is 0 Å². The van der Waals surface area contributed by atoms with E-state index >= 15 is 0 Å². The molecule has 1 aromatic rings. The molecule has 0 aliphatic heterocycles. The van der Waals surface area contributed by atoms with Crippen LogP contribution < -0.4 is 5.73 Å². The van der Waals surface area contributed by atoms with Gasteiger partial charge in [0.25, 0.3) is 0 Å². The quantitative estimate of drug-likeness (QED) is 0.889. The molecule has 18 heavy (non-hydrogen) atoms. The number of aryl methyl sites for hydroxylation is 1. The number of likely N-dealkylation sites (N-methyl/N-ethyl adjacent to an activating group) is 1. The summed E-state index contributed by atoms with van der Waals surface area (Å²) in [5.41, 5.74) is 8.53. The lowest BCUT2D eigenvalue weighted by Gasteiger charge is -2.36. The van der Waals surface area contributed by atoms with Gasteiger partial charge in [-0.15, -0.1) is 0 Å². The third-order valence-electron chi connectivity index (χ3n) is 4.50. The van der Waals surface area contributed by atoms with Gasteiger partial charge in [-0.1, -0.05) is 19.3 Å². The minimum absolute atomic E-state index is 0.307. The molecule has 1 saturated carbocycles. The molecule has 0 aromatic carbocycles. The Labute approximate surface area is 110 Å². The second kappa shape index (κ2) is 5.85. The first-order valence-electron chi connectivity index (χ1n) is 7.05. The predicted octanol–water partition coefficient (Wildman–Crippen LogP) is 1.99. The van der Waals surface area contributed by atoms with E-state index in [1.165, 1.54) is 43.4 Å². The maximum atomic E-state index is 6.01. The highest BCUT2D eigenvalue weighted by atomic mass is 15.3. The number of rotatable bonds is 4. The van der Waals surface area contributed by atoms with Gasteiger partial charge in [0.1, 0.15) is 0 Å². The molecular formula is C14H26N4. The molecule has 0 spiro atoms. The van der Waals surface area contributed by atoms with Crippen LogP contribution in [0.3, 0.4) is 0 Å². The van der Waals surface area contributed by atoms with Gasteiger partial charge in [-0.05, 0) is 26.8 Å². The second-order valence-corrected chi connectivity index (χ2v) is 5.52. The average molecular weight is 250 g/mol. The first-order valence-corrected chi connectivity index (χ1v) is 7.05. The van der Waals surface area contributed by atoms with E-state index in [9.17, 15) is 0 Å². The molecule has 1 aliphatic carbocycles. The SMILES string of the molecule is Cc1c(C(CN)N(C)C2CCCCC2)cnn1C. The molecule has 2 N–H and O–H groups in total. The van der Waals surface area contributed by atoms with E-state index in [1.54, 1.807) is 0 Å². The molecule has 4 nitrogen and oxygen atoms in total. The van der Waals surface area contributed by atoms with Crippen LogP contribution in [0.1, 0.15) is 49.4 Å². The summed E-state index contributed by atoms with van der Waals surface area (Å²) in [4.78, 5) is 2.48. The molecule has 0 bridgehead atoms. The van der Waals surface area contributed by atoms with Gasteiger partial charge >= 0.3 is 0 Å². The van der Waals surface area contributed by atoms with Crippen molar-refractivity contribution < 1.29 is 0 Å². The lowest BCUT2D eigenvalue weighted by atomic mass is 9.92. The standard InChI is InChI=1S/C14H26N4/c1-11-13(10-16-18(11)3)14(9-15)17(2)12-7-5-4-6-8-12/h10,12,14H,4-9,15H2,1-3H3. The van der Waals surface area contributed by atoms with Crippen molar-refractivity contribution in [1.29, 1.82) is 0 Å². The Morgan fingerprint density at radius 3 is 2.61 bits per heavy atom. The Kier molecular flexibility index (Phi) is 4.40. The molecule has 1 aromatic heterocycles. The van der Waals surface area contributed by atoms with Crippen LogP contribution in [0.25, 0.3) is 0 Å². The minimum atomic E-state index is 0.307. The Morgan fingerprint density at radius 2 is 2.11 bits per heavy atom. The van der Waals surface area contributed by atoms with E-state index < -0.39 is 0 Å². The molecule has 1 atom stereocenters. The number of hydrogen-bond acceptors (Lipinski definition) is 3. The van der Waals surface area contributed by atoms with Gasteiger partial charge < -0.3 is 5.73 Å². The topological polar surface area (TPSA) is 47.1 Å². The maximum absolute atomic E-state index is 6.01. The van der Waals surface area contributed by atoms with Gasteiger partial charge in [-0.2, -0.15) is 5.10 Å². The Balaban J connectivity index is 2.14. The van der Waals surface area contributed by atoms with Crippen LogP contribution >= 0.6 is 0 Å². The highest BCUT2D eigenvalue weighted by molar-refractivity contribution is 5.21. The summed E-state index contributed by atoms with van der Waals surface area (Å²) in [7, 11) is 4.22. The van der Waals surface area contributed by atoms with Crippen molar-refractivity contribution in [3.63, 3.8) is 0 Å². The summed E-state index contributed by atoms with van der Waals surface area (Å²) in [6.45, 7) is 2.79. The molecule has 0 amide bonds. The minimum Gasteiger partial charge on any atom is -0.329 e. The Morgan fingerprint density at radius 1 is 1.44 bits per heavy atom. The van der Waals surface area contributed by atoms with Crippen LogP contribution in [0.5, 0.6) is 0 Å². The van der Waals surface area contributed by atoms with Gasteiger partial charge in [0, 0.05) is 30.9 Å². The van der Waals surface area contributed by atoms with Crippen LogP contribution in [0.15, 0.2) is 6.20 Å². The molecular weight excluding hydrogens is 224 g/mol. The second-order valence-electron chi connectivity index (χ2n) is 5.52. The number of nitrogens with two attached hydrogens (primary N) is 1. The van der Waals surface area contributed by atoms with Crippen LogP contribution in [0.2, 0.25) is 0 Å². The van der Waals surface area contributed by atoms with E-state index in [2.05, 4.69) is 24.0 Å². The maximum Gasteiger partial charge on any atom is 0.0540 e. The van der Waals surface area contributed by atoms with Crippen LogP contribution in [-0.2, 0) is 7.05 Å². The third-order valence-corrected chi connectivity index (χ3v) is 4.50. The van der Waals surface area contributed by atoms with Crippen LogP contribution in [0, 0.1) is 6.92 Å². The Hall–Kier alpha value is -0.870. The van der Waals surface area contributed by atoms with Gasteiger partial charge in [0.15, 0.2) is 0 Å². The van der Waals surface area contributed by atoms with Crippen molar-refractivity contribution in [2.75, 3.05) is 13.6 Å². The molecule has 0 saturated heterocycles. The molecule has 2 rings (SSSR count). The largest absolute Gasteiger partial charge is 0.329 e. The van der Waals surface area contributed by atoms with Crippen molar-refractivity contribution in [3.8, 4) is 0 Å². The Bertz CT molecular complexity index is 379. The summed E-state index contributed by atoms with van der Waals surface area (Å²) < 4.78 is 1.94. The molecule has 1 heterocycles. The summed E-state index contributed by atoms with van der Waals surface area (Å²) in [5, 5.41) is 4.35. The van der Waals surface area contributed by atoms with Crippen molar-refractivity contribution in [2.45, 2.75) is 51.1 Å². The lowest BCUT2D eigenvalue weighted by Crippen LogP contribution is -2.39. The van der Waals surface area contributed by atoms with Crippen molar-refractivity contribution in [3.05, 3.63) is 17.5 Å². The fourth-order valence-corrected chi connectivity index (χ4v) is 3.10. The molecule has 1 fully saturated rings. The molecule has 102 valence electrons. The zero-order chi connectivity index (χ0) is 13.1. The van der Waals surface area contributed by atoms with E-state index in [0.29, 0.717) is 18.6 Å². The van der Waals surface area contributed by atoms with E-state index in [-0.39, 0.29) is 0 Å². The fourth-order valence-electron chi connectivity index (χ4n) is 3.10. The zero-order valence-corrected chi connectivity index (χ0v) is 11.9.